The molecule has 0 aliphatic heterocycles. The lowest BCUT2D eigenvalue weighted by Gasteiger charge is -2.01. The van der Waals surface area contributed by atoms with E-state index >= 15 is 0 Å². The van der Waals surface area contributed by atoms with Gasteiger partial charge in [0.15, 0.2) is 5.78 Å². The van der Waals surface area contributed by atoms with Crippen LogP contribution in [0.15, 0.2) is 18.2 Å². The molecule has 2 nitrogen and oxygen atoms in total. The summed E-state index contributed by atoms with van der Waals surface area (Å²) in [6.07, 6.45) is 2.03. The molecule has 0 fully saturated rings. The predicted octanol–water partition coefficient (Wildman–Crippen LogP) is 2.90. The monoisotopic (exact) mass is 196 g/mol. The van der Waals surface area contributed by atoms with Crippen molar-refractivity contribution in [3.63, 3.8) is 0 Å². The normalized spacial score (nSPS) is 10.1. The van der Waals surface area contributed by atoms with Gasteiger partial charge in [-0.25, -0.2) is 4.39 Å². The van der Waals surface area contributed by atoms with Gasteiger partial charge in [-0.15, -0.1) is 0 Å². The van der Waals surface area contributed by atoms with Gasteiger partial charge in [0, 0.05) is 12.5 Å². The van der Waals surface area contributed by atoms with E-state index in [-0.39, 0.29) is 17.1 Å². The predicted molar refractivity (Wildman–Crippen MR) is 51.9 cm³/mol. The maximum absolute atomic E-state index is 13.1. The first kappa shape index (κ1) is 10.7. The van der Waals surface area contributed by atoms with Crippen LogP contribution in [0.4, 0.5) is 4.39 Å². The molecule has 0 radical (unpaired) electrons. The number of unbranched alkanes of at least 4 members (excludes halogenated alkanes) is 1. The Hall–Kier alpha value is -1.38. The number of Topliss-reactive ketones (excluding diaryl/α,β-unsaturated/α-hetero) is 1. The van der Waals surface area contributed by atoms with Crippen molar-refractivity contribution in [1.82, 2.24) is 0 Å². The van der Waals surface area contributed by atoms with Crippen LogP contribution >= 0.6 is 0 Å². The van der Waals surface area contributed by atoms with Crippen molar-refractivity contribution in [3.05, 3.63) is 29.6 Å². The van der Waals surface area contributed by atoms with Crippen molar-refractivity contribution in [1.29, 1.82) is 0 Å². The third-order valence-electron chi connectivity index (χ3n) is 2.01. The first-order valence-electron chi connectivity index (χ1n) is 4.67. The average molecular weight is 196 g/mol. The van der Waals surface area contributed by atoms with E-state index in [2.05, 4.69) is 0 Å². The number of ketones is 1. The quantitative estimate of drug-likeness (QED) is 0.752. The minimum Gasteiger partial charge on any atom is -0.508 e. The Balaban J connectivity index is 2.80. The van der Waals surface area contributed by atoms with Gasteiger partial charge in [0.2, 0.25) is 0 Å². The van der Waals surface area contributed by atoms with Crippen LogP contribution in [0.1, 0.15) is 36.5 Å². The molecule has 0 atom stereocenters. The van der Waals surface area contributed by atoms with E-state index in [1.807, 2.05) is 6.92 Å². The molecular formula is C11H13FO2. The van der Waals surface area contributed by atoms with Crippen LogP contribution in [0.25, 0.3) is 0 Å². The van der Waals surface area contributed by atoms with Gasteiger partial charge in [-0.05, 0) is 18.6 Å². The molecule has 76 valence electrons. The zero-order valence-electron chi connectivity index (χ0n) is 8.09. The molecule has 1 rings (SSSR count). The number of carbonyl (C=O) groups excluding carboxylic acids is 1. The van der Waals surface area contributed by atoms with Crippen molar-refractivity contribution in [3.8, 4) is 5.75 Å². The smallest absolute Gasteiger partial charge is 0.165 e. The van der Waals surface area contributed by atoms with E-state index in [0.29, 0.717) is 6.42 Å². The molecule has 0 aliphatic carbocycles. The molecular weight excluding hydrogens is 183 g/mol. The van der Waals surface area contributed by atoms with Crippen LogP contribution in [0.2, 0.25) is 0 Å². The van der Waals surface area contributed by atoms with Gasteiger partial charge in [-0.1, -0.05) is 13.3 Å². The molecule has 0 unspecified atom stereocenters. The summed E-state index contributed by atoms with van der Waals surface area (Å²) in [5.74, 6) is -1.01. The molecule has 0 saturated carbocycles. The number of hydrogen-bond acceptors (Lipinski definition) is 2. The van der Waals surface area contributed by atoms with Crippen LogP contribution in [0.3, 0.4) is 0 Å². The lowest BCUT2D eigenvalue weighted by Crippen LogP contribution is -2.01. The van der Waals surface area contributed by atoms with Crippen LogP contribution in [-0.4, -0.2) is 10.9 Å². The highest BCUT2D eigenvalue weighted by molar-refractivity contribution is 5.96. The van der Waals surface area contributed by atoms with E-state index in [1.54, 1.807) is 0 Å². The Morgan fingerprint density at radius 2 is 2.21 bits per heavy atom. The van der Waals surface area contributed by atoms with Crippen molar-refractivity contribution < 1.29 is 14.3 Å². The van der Waals surface area contributed by atoms with Gasteiger partial charge in [-0.3, -0.25) is 4.79 Å². The number of hydrogen-bond donors (Lipinski definition) is 1. The first-order valence-corrected chi connectivity index (χ1v) is 4.67. The van der Waals surface area contributed by atoms with Gasteiger partial charge < -0.3 is 5.11 Å². The number of halogens is 1. The Kier molecular flexibility index (Phi) is 3.63. The fourth-order valence-electron chi connectivity index (χ4n) is 1.20. The summed E-state index contributed by atoms with van der Waals surface area (Å²) in [7, 11) is 0. The van der Waals surface area contributed by atoms with Gasteiger partial charge in [0.05, 0.1) is 5.56 Å². The fourth-order valence-corrected chi connectivity index (χ4v) is 1.20. The second-order valence-electron chi connectivity index (χ2n) is 3.19. The zero-order valence-corrected chi connectivity index (χ0v) is 8.09. The molecule has 1 N–H and O–H groups in total. The zero-order chi connectivity index (χ0) is 10.6. The third kappa shape index (κ3) is 2.55. The van der Waals surface area contributed by atoms with E-state index in [9.17, 15) is 9.18 Å². The first-order chi connectivity index (χ1) is 6.65. The van der Waals surface area contributed by atoms with Crippen LogP contribution < -0.4 is 0 Å². The number of phenolic OH excluding ortho intramolecular Hbond substituents is 1. The fraction of sp³-hybridized carbons (Fsp3) is 0.364. The maximum Gasteiger partial charge on any atom is 0.165 e. The SMILES string of the molecule is CCCCC(=O)c1ccc(O)cc1F. The van der Waals surface area contributed by atoms with Crippen molar-refractivity contribution in [2.45, 2.75) is 26.2 Å². The van der Waals surface area contributed by atoms with Crippen molar-refractivity contribution >= 4 is 5.78 Å². The van der Waals surface area contributed by atoms with Gasteiger partial charge in [-0.2, -0.15) is 0 Å². The summed E-state index contributed by atoms with van der Waals surface area (Å²) < 4.78 is 13.1. The number of phenols is 1. The molecule has 0 heterocycles. The highest BCUT2D eigenvalue weighted by Gasteiger charge is 2.11. The number of rotatable bonds is 4. The van der Waals surface area contributed by atoms with Crippen LogP contribution in [0.5, 0.6) is 5.75 Å². The summed E-state index contributed by atoms with van der Waals surface area (Å²) in [5.41, 5.74) is 0.0660. The summed E-state index contributed by atoms with van der Waals surface area (Å²) >= 11 is 0. The largest absolute Gasteiger partial charge is 0.508 e. The van der Waals surface area contributed by atoms with Gasteiger partial charge in [0.1, 0.15) is 11.6 Å². The van der Waals surface area contributed by atoms with E-state index in [4.69, 9.17) is 5.11 Å². The summed E-state index contributed by atoms with van der Waals surface area (Å²) in [4.78, 5) is 11.4. The number of carbonyl (C=O) groups is 1. The highest BCUT2D eigenvalue weighted by atomic mass is 19.1. The lowest BCUT2D eigenvalue weighted by atomic mass is 10.1. The Morgan fingerprint density at radius 3 is 2.79 bits per heavy atom. The van der Waals surface area contributed by atoms with Crippen molar-refractivity contribution in [2.75, 3.05) is 0 Å². The summed E-state index contributed by atoms with van der Waals surface area (Å²) in [5, 5.41) is 8.94. The van der Waals surface area contributed by atoms with E-state index < -0.39 is 5.82 Å². The van der Waals surface area contributed by atoms with Gasteiger partial charge in [0.25, 0.3) is 0 Å². The third-order valence-corrected chi connectivity index (χ3v) is 2.01. The number of benzene rings is 1. The lowest BCUT2D eigenvalue weighted by molar-refractivity contribution is 0.0976. The summed E-state index contributed by atoms with van der Waals surface area (Å²) in [6.45, 7) is 1.97. The molecule has 0 amide bonds. The molecule has 3 heteroatoms. The molecule has 0 aliphatic rings. The molecule has 14 heavy (non-hydrogen) atoms. The van der Waals surface area contributed by atoms with E-state index in [1.165, 1.54) is 12.1 Å². The molecule has 1 aromatic carbocycles. The summed E-state index contributed by atoms with van der Waals surface area (Å²) in [6, 6.07) is 3.60. The average Bonchev–Trinajstić information content (AvgIpc) is 2.14. The van der Waals surface area contributed by atoms with Crippen molar-refractivity contribution in [2.24, 2.45) is 0 Å². The minimum atomic E-state index is -0.647. The second-order valence-corrected chi connectivity index (χ2v) is 3.19. The van der Waals surface area contributed by atoms with E-state index in [0.717, 1.165) is 18.9 Å². The molecule has 0 bridgehead atoms. The Bertz CT molecular complexity index is 334. The number of aromatic hydroxyl groups is 1. The molecule has 0 saturated heterocycles. The standard InChI is InChI=1S/C11H13FO2/c1-2-3-4-11(14)9-6-5-8(13)7-10(9)12/h5-7,13H,2-4H2,1H3. The van der Waals surface area contributed by atoms with Crippen LogP contribution in [0, 0.1) is 5.82 Å². The maximum atomic E-state index is 13.1. The molecule has 0 aromatic heterocycles. The van der Waals surface area contributed by atoms with Crippen LogP contribution in [-0.2, 0) is 0 Å². The Labute approximate surface area is 82.4 Å². The Morgan fingerprint density at radius 1 is 1.50 bits per heavy atom. The molecule has 0 spiro atoms. The van der Waals surface area contributed by atoms with Gasteiger partial charge >= 0.3 is 0 Å². The minimum absolute atomic E-state index is 0.0660. The molecule has 1 aromatic rings. The second kappa shape index (κ2) is 4.74. The topological polar surface area (TPSA) is 37.3 Å². The highest BCUT2D eigenvalue weighted by Crippen LogP contribution is 2.17.